The number of rotatable bonds is 6. The van der Waals surface area contributed by atoms with Gasteiger partial charge in [-0.15, -0.1) is 0 Å². The first-order chi connectivity index (χ1) is 8.99. The highest BCUT2D eigenvalue weighted by Crippen LogP contribution is 2.05. The number of nitrogens with one attached hydrogen (secondary N) is 1. The van der Waals surface area contributed by atoms with E-state index in [1.807, 2.05) is 6.07 Å². The van der Waals surface area contributed by atoms with Crippen LogP contribution >= 0.6 is 12.2 Å². The summed E-state index contributed by atoms with van der Waals surface area (Å²) in [7, 11) is 0. The molecule has 1 aromatic rings. The minimum atomic E-state index is 0.621. The van der Waals surface area contributed by atoms with Crippen LogP contribution in [0.5, 0.6) is 0 Å². The number of benzene rings is 1. The van der Waals surface area contributed by atoms with Gasteiger partial charge < -0.3 is 10.2 Å². The number of hydrogen-bond acceptors (Lipinski definition) is 1. The quantitative estimate of drug-likeness (QED) is 0.799. The van der Waals surface area contributed by atoms with Crippen molar-refractivity contribution in [3.8, 4) is 0 Å². The average Bonchev–Trinajstić information content (AvgIpc) is 2.35. The van der Waals surface area contributed by atoms with Gasteiger partial charge in [0.1, 0.15) is 0 Å². The zero-order chi connectivity index (χ0) is 14.3. The molecule has 0 aliphatic carbocycles. The largest absolute Gasteiger partial charge is 0.358 e. The van der Waals surface area contributed by atoms with E-state index in [9.17, 15) is 0 Å². The summed E-state index contributed by atoms with van der Waals surface area (Å²) in [5.41, 5.74) is 1.26. The molecule has 19 heavy (non-hydrogen) atoms. The number of hydrogen-bond donors (Lipinski definition) is 1. The molecule has 0 spiro atoms. The summed E-state index contributed by atoms with van der Waals surface area (Å²) in [6.07, 6.45) is 0. The van der Waals surface area contributed by atoms with Gasteiger partial charge in [-0.2, -0.15) is 0 Å². The van der Waals surface area contributed by atoms with E-state index in [0.29, 0.717) is 11.8 Å². The Kier molecular flexibility index (Phi) is 6.85. The summed E-state index contributed by atoms with van der Waals surface area (Å²) in [6, 6.07) is 10.4. The molecule has 0 radical (unpaired) electrons. The van der Waals surface area contributed by atoms with E-state index < -0.39 is 0 Å². The highest BCUT2D eigenvalue weighted by Gasteiger charge is 2.12. The van der Waals surface area contributed by atoms with Gasteiger partial charge in [-0.1, -0.05) is 58.0 Å². The molecular formula is C16H26N2S. The van der Waals surface area contributed by atoms with E-state index in [1.54, 1.807) is 0 Å². The van der Waals surface area contributed by atoms with Gasteiger partial charge in [0.05, 0.1) is 0 Å². The van der Waals surface area contributed by atoms with Crippen LogP contribution in [0.1, 0.15) is 33.3 Å². The van der Waals surface area contributed by atoms with Crippen LogP contribution in [0.2, 0.25) is 0 Å². The fourth-order valence-corrected chi connectivity index (χ4v) is 2.23. The third-order valence-corrected chi connectivity index (χ3v) is 3.15. The first-order valence-corrected chi connectivity index (χ1v) is 7.46. The lowest BCUT2D eigenvalue weighted by atomic mass is 10.1. The van der Waals surface area contributed by atoms with Crippen molar-refractivity contribution in [2.24, 2.45) is 11.8 Å². The monoisotopic (exact) mass is 278 g/mol. The minimum absolute atomic E-state index is 0.621. The molecule has 0 saturated carbocycles. The Hall–Kier alpha value is -1.09. The number of nitrogens with zero attached hydrogens (tertiary/aromatic N) is 1. The van der Waals surface area contributed by atoms with Crippen molar-refractivity contribution < 1.29 is 0 Å². The molecule has 0 fully saturated rings. The molecule has 3 heteroatoms. The highest BCUT2D eigenvalue weighted by molar-refractivity contribution is 7.80. The zero-order valence-electron chi connectivity index (χ0n) is 12.5. The van der Waals surface area contributed by atoms with E-state index in [2.05, 4.69) is 62.2 Å². The van der Waals surface area contributed by atoms with Crippen molar-refractivity contribution in [1.29, 1.82) is 0 Å². The molecule has 106 valence electrons. The van der Waals surface area contributed by atoms with Crippen molar-refractivity contribution >= 4 is 17.3 Å². The van der Waals surface area contributed by atoms with Crippen LogP contribution < -0.4 is 5.32 Å². The molecule has 0 aromatic heterocycles. The normalized spacial score (nSPS) is 10.8. The fourth-order valence-electron chi connectivity index (χ4n) is 2.01. The molecule has 1 rings (SSSR count). The third kappa shape index (κ3) is 6.58. The SMILES string of the molecule is CC(C)CN(CC(C)C)C(=S)NCc1ccccc1. The van der Waals surface area contributed by atoms with Gasteiger partial charge in [0.15, 0.2) is 5.11 Å². The molecule has 0 atom stereocenters. The Balaban J connectivity index is 2.51. The average molecular weight is 278 g/mol. The van der Waals surface area contributed by atoms with E-state index in [4.69, 9.17) is 12.2 Å². The summed E-state index contributed by atoms with van der Waals surface area (Å²) in [4.78, 5) is 2.29. The second-order valence-corrected chi connectivity index (χ2v) is 6.22. The van der Waals surface area contributed by atoms with Gasteiger partial charge in [-0.25, -0.2) is 0 Å². The second kappa shape index (κ2) is 8.16. The van der Waals surface area contributed by atoms with Gasteiger partial charge in [0, 0.05) is 19.6 Å². The Labute approximate surface area is 123 Å². The van der Waals surface area contributed by atoms with Gasteiger partial charge in [0.2, 0.25) is 0 Å². The lowest BCUT2D eigenvalue weighted by Gasteiger charge is -2.29. The van der Waals surface area contributed by atoms with Crippen molar-refractivity contribution in [1.82, 2.24) is 10.2 Å². The molecule has 0 heterocycles. The van der Waals surface area contributed by atoms with Crippen LogP contribution in [0.4, 0.5) is 0 Å². The molecule has 0 aliphatic heterocycles. The molecule has 1 N–H and O–H groups in total. The topological polar surface area (TPSA) is 15.3 Å². The van der Waals surface area contributed by atoms with E-state index in [-0.39, 0.29) is 0 Å². The molecule has 0 bridgehead atoms. The van der Waals surface area contributed by atoms with Gasteiger partial charge in [-0.3, -0.25) is 0 Å². The molecule has 1 aromatic carbocycles. The van der Waals surface area contributed by atoms with E-state index >= 15 is 0 Å². The van der Waals surface area contributed by atoms with Crippen LogP contribution in [-0.2, 0) is 6.54 Å². The van der Waals surface area contributed by atoms with Crippen molar-refractivity contribution in [3.05, 3.63) is 35.9 Å². The Morgan fingerprint density at radius 1 is 1.05 bits per heavy atom. The van der Waals surface area contributed by atoms with Crippen molar-refractivity contribution in [3.63, 3.8) is 0 Å². The molecule has 0 aliphatic rings. The van der Waals surface area contributed by atoms with Gasteiger partial charge in [-0.05, 0) is 29.6 Å². The van der Waals surface area contributed by atoms with Crippen LogP contribution in [0.15, 0.2) is 30.3 Å². The van der Waals surface area contributed by atoms with Crippen LogP contribution in [0, 0.1) is 11.8 Å². The van der Waals surface area contributed by atoms with Crippen LogP contribution in [0.25, 0.3) is 0 Å². The summed E-state index contributed by atoms with van der Waals surface area (Å²) >= 11 is 5.53. The Bertz CT molecular complexity index is 364. The highest BCUT2D eigenvalue weighted by atomic mass is 32.1. The third-order valence-electron chi connectivity index (χ3n) is 2.74. The van der Waals surface area contributed by atoms with E-state index in [1.165, 1.54) is 5.56 Å². The second-order valence-electron chi connectivity index (χ2n) is 5.84. The maximum atomic E-state index is 5.53. The first kappa shape index (κ1) is 16.0. The maximum absolute atomic E-state index is 5.53. The van der Waals surface area contributed by atoms with Gasteiger partial charge >= 0.3 is 0 Å². The predicted molar refractivity (Wildman–Crippen MR) is 87.1 cm³/mol. The fraction of sp³-hybridized carbons (Fsp3) is 0.562. The molecule has 2 nitrogen and oxygen atoms in total. The summed E-state index contributed by atoms with van der Waals surface area (Å²) in [5.74, 6) is 1.24. The first-order valence-electron chi connectivity index (χ1n) is 7.05. The lowest BCUT2D eigenvalue weighted by Crippen LogP contribution is -2.43. The number of thiocarbonyl (C=S) groups is 1. The summed E-state index contributed by atoms with van der Waals surface area (Å²) in [6.45, 7) is 11.7. The van der Waals surface area contributed by atoms with Crippen LogP contribution in [-0.4, -0.2) is 23.1 Å². The standard InChI is InChI=1S/C16H26N2S/c1-13(2)11-18(12-14(3)4)16(19)17-10-15-8-6-5-7-9-15/h5-9,13-14H,10-12H2,1-4H3,(H,17,19). The molecule has 0 unspecified atom stereocenters. The van der Waals surface area contributed by atoms with Crippen molar-refractivity contribution in [2.45, 2.75) is 34.2 Å². The summed E-state index contributed by atoms with van der Waals surface area (Å²) < 4.78 is 0. The van der Waals surface area contributed by atoms with Crippen LogP contribution in [0.3, 0.4) is 0 Å². The van der Waals surface area contributed by atoms with Gasteiger partial charge in [0.25, 0.3) is 0 Å². The van der Waals surface area contributed by atoms with Crippen molar-refractivity contribution in [2.75, 3.05) is 13.1 Å². The molecule has 0 saturated heterocycles. The molecular weight excluding hydrogens is 252 g/mol. The Morgan fingerprint density at radius 2 is 1.58 bits per heavy atom. The Morgan fingerprint density at radius 3 is 2.05 bits per heavy atom. The lowest BCUT2D eigenvalue weighted by molar-refractivity contribution is 0.324. The maximum Gasteiger partial charge on any atom is 0.169 e. The smallest absolute Gasteiger partial charge is 0.169 e. The predicted octanol–water partition coefficient (Wildman–Crippen LogP) is 3.68. The zero-order valence-corrected chi connectivity index (χ0v) is 13.3. The van der Waals surface area contributed by atoms with E-state index in [0.717, 1.165) is 24.7 Å². The minimum Gasteiger partial charge on any atom is -0.358 e. The molecule has 0 amide bonds. The summed E-state index contributed by atoms with van der Waals surface area (Å²) in [5, 5.41) is 4.23.